The maximum Gasteiger partial charge on any atom is 2.00 e. The molecule has 0 aromatic heterocycles. The van der Waals surface area contributed by atoms with Crippen LogP contribution in [0, 0.1) is 62.2 Å². The van der Waals surface area contributed by atoms with Crippen LogP contribution in [0.3, 0.4) is 0 Å². The van der Waals surface area contributed by atoms with Crippen molar-refractivity contribution in [2.24, 2.45) is 57.3 Å². The third-order valence-corrected chi connectivity index (χ3v) is 7.91. The summed E-state index contributed by atoms with van der Waals surface area (Å²) in [4.78, 5) is 10.3. The molecule has 0 spiro atoms. The van der Waals surface area contributed by atoms with Crippen LogP contribution < -0.4 is 0 Å². The number of aliphatic imine (C=N–C) groups is 2. The zero-order chi connectivity index (χ0) is 20.8. The SMILES string of the molecule is CC(C)C1CCCC(C(C)C)C1N=CC=NC1C(C(C)C)CCCC1C(C)C.[CH3-].[CH3-].[Ni+2]. The smallest absolute Gasteiger partial charge is 0.358 e. The van der Waals surface area contributed by atoms with Crippen molar-refractivity contribution >= 4 is 12.4 Å². The van der Waals surface area contributed by atoms with E-state index in [1.165, 1.54) is 38.5 Å². The van der Waals surface area contributed by atoms with Gasteiger partial charge in [0.05, 0.1) is 12.1 Å². The first-order valence-electron chi connectivity index (χ1n) is 12.3. The monoisotopic (exact) mass is 476 g/mol. The Hall–Kier alpha value is -0.166. The molecule has 186 valence electrons. The second-order valence-corrected chi connectivity index (χ2v) is 11.1. The van der Waals surface area contributed by atoms with Crippen LogP contribution in [-0.2, 0) is 16.5 Å². The molecule has 0 aromatic carbocycles. The molecule has 3 heteroatoms. The van der Waals surface area contributed by atoms with Gasteiger partial charge in [0.25, 0.3) is 0 Å². The van der Waals surface area contributed by atoms with Crippen LogP contribution in [0.25, 0.3) is 0 Å². The van der Waals surface area contributed by atoms with Gasteiger partial charge in [-0.1, -0.05) is 68.2 Å². The molecule has 0 N–H and O–H groups in total. The first-order chi connectivity index (χ1) is 13.2. The molecule has 0 aliphatic heterocycles. The van der Waals surface area contributed by atoms with Gasteiger partial charge in [-0.3, -0.25) is 9.98 Å². The van der Waals surface area contributed by atoms with Gasteiger partial charge in [0, 0.05) is 12.4 Å². The molecular weight excluding hydrogens is 423 g/mol. The van der Waals surface area contributed by atoms with Gasteiger partial charge >= 0.3 is 16.5 Å². The van der Waals surface area contributed by atoms with Crippen molar-refractivity contribution in [2.75, 3.05) is 0 Å². The van der Waals surface area contributed by atoms with Gasteiger partial charge in [0.1, 0.15) is 0 Å². The fraction of sp³-hybridized carbons (Fsp3) is 0.857. The first kappa shape index (κ1) is 33.0. The van der Waals surface area contributed by atoms with Crippen molar-refractivity contribution in [3.05, 3.63) is 14.9 Å². The topological polar surface area (TPSA) is 24.7 Å². The standard InChI is InChI=1S/C26H48N2.2CH3.Ni/c1-17(2)21-11-9-12-22(18(3)4)25(21)27-15-16-28-26-23(19(5)6)13-10-14-24(26)20(7)8;;;/h15-26H,9-14H2,1-8H3;2*1H3;/q;2*-1;+2. The van der Waals surface area contributed by atoms with Gasteiger partial charge in [-0.05, 0) is 73.0 Å². The summed E-state index contributed by atoms with van der Waals surface area (Å²) in [5, 5.41) is 0. The van der Waals surface area contributed by atoms with Crippen molar-refractivity contribution in [1.29, 1.82) is 0 Å². The Kier molecular flexibility index (Phi) is 16.6. The van der Waals surface area contributed by atoms with Crippen molar-refractivity contribution in [1.82, 2.24) is 0 Å². The Morgan fingerprint density at radius 3 is 0.935 bits per heavy atom. The van der Waals surface area contributed by atoms with Crippen molar-refractivity contribution in [2.45, 2.75) is 106 Å². The van der Waals surface area contributed by atoms with E-state index < -0.39 is 0 Å². The van der Waals surface area contributed by atoms with Gasteiger partial charge in [0.2, 0.25) is 0 Å². The van der Waals surface area contributed by atoms with Crippen molar-refractivity contribution < 1.29 is 16.5 Å². The molecule has 2 aliphatic carbocycles. The van der Waals surface area contributed by atoms with E-state index >= 15 is 0 Å². The van der Waals surface area contributed by atoms with Crippen molar-refractivity contribution in [3.63, 3.8) is 0 Å². The number of rotatable bonds is 7. The van der Waals surface area contributed by atoms with Crippen LogP contribution in [0.2, 0.25) is 0 Å². The van der Waals surface area contributed by atoms with Crippen LogP contribution in [0.15, 0.2) is 9.98 Å². The summed E-state index contributed by atoms with van der Waals surface area (Å²) in [6.07, 6.45) is 12.3. The third-order valence-electron chi connectivity index (χ3n) is 7.91. The molecule has 2 nitrogen and oxygen atoms in total. The molecule has 0 heterocycles. The average molecular weight is 477 g/mol. The van der Waals surface area contributed by atoms with Gasteiger partial charge < -0.3 is 14.9 Å². The maximum atomic E-state index is 5.14. The van der Waals surface area contributed by atoms with Gasteiger partial charge in [-0.15, -0.1) is 0 Å². The molecule has 2 aliphatic rings. The molecule has 4 atom stereocenters. The van der Waals surface area contributed by atoms with E-state index in [1.807, 2.05) is 0 Å². The summed E-state index contributed by atoms with van der Waals surface area (Å²) in [5.41, 5.74) is 0. The average Bonchev–Trinajstić information content (AvgIpc) is 2.64. The molecule has 0 aromatic rings. The maximum absolute atomic E-state index is 5.14. The van der Waals surface area contributed by atoms with E-state index in [-0.39, 0.29) is 31.3 Å². The van der Waals surface area contributed by atoms with Crippen LogP contribution >= 0.6 is 0 Å². The summed E-state index contributed by atoms with van der Waals surface area (Å²) in [6.45, 7) is 19.1. The van der Waals surface area contributed by atoms with E-state index in [4.69, 9.17) is 9.98 Å². The molecule has 0 saturated heterocycles. The van der Waals surface area contributed by atoms with E-state index in [2.05, 4.69) is 67.8 Å². The third kappa shape index (κ3) is 8.94. The zero-order valence-electron chi connectivity index (χ0n) is 22.4. The normalized spacial score (nSPS) is 31.9. The van der Waals surface area contributed by atoms with Gasteiger partial charge in [-0.2, -0.15) is 0 Å². The second kappa shape index (κ2) is 15.6. The van der Waals surface area contributed by atoms with Crippen molar-refractivity contribution in [3.8, 4) is 0 Å². The molecule has 4 unspecified atom stereocenters. The van der Waals surface area contributed by atoms with Gasteiger partial charge in [0.15, 0.2) is 0 Å². The number of nitrogens with zero attached hydrogens (tertiary/aromatic N) is 2. The Morgan fingerprint density at radius 1 is 0.516 bits per heavy atom. The summed E-state index contributed by atoms with van der Waals surface area (Å²) in [7, 11) is 0. The molecule has 2 rings (SSSR count). The molecule has 0 amide bonds. The van der Waals surface area contributed by atoms with E-state index in [1.54, 1.807) is 0 Å². The Morgan fingerprint density at radius 2 is 0.742 bits per heavy atom. The quantitative estimate of drug-likeness (QED) is 0.201. The zero-order valence-corrected chi connectivity index (χ0v) is 23.4. The Balaban J connectivity index is 0. The minimum absolute atomic E-state index is 0. The van der Waals surface area contributed by atoms with E-state index in [0.717, 1.165) is 47.3 Å². The molecule has 2 saturated carbocycles. The Labute approximate surface area is 206 Å². The largest absolute Gasteiger partial charge is 2.00 e. The molecule has 31 heavy (non-hydrogen) atoms. The predicted molar refractivity (Wildman–Crippen MR) is 138 cm³/mol. The Bertz CT molecular complexity index is 431. The van der Waals surface area contributed by atoms with E-state index in [9.17, 15) is 0 Å². The molecular formula is C28H54N2Ni. The summed E-state index contributed by atoms with van der Waals surface area (Å²) < 4.78 is 0. The number of hydrogen-bond acceptors (Lipinski definition) is 2. The van der Waals surface area contributed by atoms with Crippen LogP contribution in [0.4, 0.5) is 0 Å². The fourth-order valence-electron chi connectivity index (χ4n) is 6.13. The van der Waals surface area contributed by atoms with Gasteiger partial charge in [-0.25, -0.2) is 0 Å². The first-order valence-corrected chi connectivity index (χ1v) is 12.3. The molecule has 0 bridgehead atoms. The van der Waals surface area contributed by atoms with E-state index in [0.29, 0.717) is 12.1 Å². The van der Waals surface area contributed by atoms with Crippen LogP contribution in [0.5, 0.6) is 0 Å². The fourth-order valence-corrected chi connectivity index (χ4v) is 6.13. The minimum atomic E-state index is 0. The summed E-state index contributed by atoms with van der Waals surface area (Å²) in [6, 6.07) is 0.960. The summed E-state index contributed by atoms with van der Waals surface area (Å²) >= 11 is 0. The second-order valence-electron chi connectivity index (χ2n) is 11.1. The summed E-state index contributed by atoms with van der Waals surface area (Å²) in [5.74, 6) is 5.78. The minimum Gasteiger partial charge on any atom is -0.358 e. The number of hydrogen-bond donors (Lipinski definition) is 0. The predicted octanol–water partition coefficient (Wildman–Crippen LogP) is 8.22. The van der Waals surface area contributed by atoms with Crippen LogP contribution in [-0.4, -0.2) is 24.5 Å². The molecule has 2 fully saturated rings. The van der Waals surface area contributed by atoms with Crippen LogP contribution in [0.1, 0.15) is 93.9 Å². The molecule has 0 radical (unpaired) electrons.